The molecule has 1 nitrogen and oxygen atoms in total. The van der Waals surface area contributed by atoms with Crippen LogP contribution < -0.4 is 0 Å². The van der Waals surface area contributed by atoms with Crippen molar-refractivity contribution in [1.29, 1.82) is 0 Å². The third kappa shape index (κ3) is 6.36. The molecule has 1 aliphatic heterocycles. The summed E-state index contributed by atoms with van der Waals surface area (Å²) >= 11 is -0.771. The molecule has 0 N–H and O–H groups in total. The summed E-state index contributed by atoms with van der Waals surface area (Å²) in [6.07, 6.45) is 8.76. The average Bonchev–Trinajstić information content (AvgIpc) is 2.26. The molecule has 1 aliphatic rings. The van der Waals surface area contributed by atoms with Gasteiger partial charge >= 0.3 is 108 Å². The third-order valence-corrected chi connectivity index (χ3v) is 11.7. The summed E-state index contributed by atoms with van der Waals surface area (Å²) < 4.78 is 0. The first kappa shape index (κ1) is 14.7. The van der Waals surface area contributed by atoms with Crippen molar-refractivity contribution in [1.82, 2.24) is 4.90 Å². The molecule has 0 radical (unpaired) electrons. The minimum atomic E-state index is -0.771. The molecule has 2 heteroatoms. The summed E-state index contributed by atoms with van der Waals surface area (Å²) in [6, 6.07) is 0. The molecule has 0 bridgehead atoms. The molecule has 0 aromatic rings. The van der Waals surface area contributed by atoms with Gasteiger partial charge in [0.2, 0.25) is 0 Å². The van der Waals surface area contributed by atoms with Gasteiger partial charge in [0.15, 0.2) is 0 Å². The quantitative estimate of drug-likeness (QED) is 0.661. The molecule has 0 spiro atoms. The van der Waals surface area contributed by atoms with Crippen LogP contribution in [0.1, 0.15) is 52.4 Å². The van der Waals surface area contributed by atoms with Gasteiger partial charge in [0, 0.05) is 0 Å². The summed E-state index contributed by atoms with van der Waals surface area (Å²) in [6.45, 7) is 8.84. The van der Waals surface area contributed by atoms with Gasteiger partial charge in [-0.1, -0.05) is 0 Å². The van der Waals surface area contributed by atoms with Crippen molar-refractivity contribution < 1.29 is 0 Å². The van der Waals surface area contributed by atoms with Gasteiger partial charge in [0.05, 0.1) is 0 Å². The Bertz CT molecular complexity index is 135. The van der Waals surface area contributed by atoms with Gasteiger partial charge in [-0.25, -0.2) is 0 Å². The van der Waals surface area contributed by atoms with Crippen LogP contribution in [0.4, 0.5) is 0 Å². The van der Waals surface area contributed by atoms with E-state index in [0.717, 1.165) is 0 Å². The van der Waals surface area contributed by atoms with Gasteiger partial charge in [0.1, 0.15) is 0 Å². The van der Waals surface area contributed by atoms with Crippen LogP contribution in [0.25, 0.3) is 0 Å². The Morgan fingerprint density at radius 2 is 1.56 bits per heavy atom. The van der Waals surface area contributed by atoms with Gasteiger partial charge in [-0.05, 0) is 0 Å². The van der Waals surface area contributed by atoms with E-state index in [0.29, 0.717) is 0 Å². The number of nitrogens with zero attached hydrogens (tertiary/aromatic N) is 1. The minimum absolute atomic E-state index is 0.771. The van der Waals surface area contributed by atoms with Crippen LogP contribution in [0.2, 0.25) is 14.9 Å². The molecule has 0 atom stereocenters. The van der Waals surface area contributed by atoms with Crippen LogP contribution in [-0.4, -0.2) is 40.8 Å². The van der Waals surface area contributed by atoms with Crippen molar-refractivity contribution in [2.24, 2.45) is 0 Å². The van der Waals surface area contributed by atoms with E-state index in [4.69, 9.17) is 0 Å². The van der Waals surface area contributed by atoms with Gasteiger partial charge in [-0.2, -0.15) is 0 Å². The molecule has 0 amide bonds. The van der Waals surface area contributed by atoms with E-state index in [1.54, 1.807) is 14.9 Å². The molecule has 1 saturated heterocycles. The van der Waals surface area contributed by atoms with E-state index < -0.39 is 16.2 Å². The van der Waals surface area contributed by atoms with Gasteiger partial charge < -0.3 is 0 Å². The van der Waals surface area contributed by atoms with Crippen LogP contribution >= 0.6 is 0 Å². The summed E-state index contributed by atoms with van der Waals surface area (Å²) in [5.74, 6) is 0. The van der Waals surface area contributed by atoms with Gasteiger partial charge in [-0.15, -0.1) is 0 Å². The van der Waals surface area contributed by atoms with Crippen molar-refractivity contribution in [2.45, 2.75) is 67.3 Å². The third-order valence-electron chi connectivity index (χ3n) is 3.97. The van der Waals surface area contributed by atoms with Crippen molar-refractivity contribution >= 4 is 16.2 Å². The van der Waals surface area contributed by atoms with E-state index in [9.17, 15) is 0 Å². The SMILES string of the molecule is CCCCN1CC[CH2][Ga]([CH2]CCC)[CH2]CC1. The number of rotatable bonds is 6. The van der Waals surface area contributed by atoms with Crippen LogP contribution in [-0.2, 0) is 0 Å². The predicted octanol–water partition coefficient (Wildman–Crippen LogP) is 4.18. The molecule has 0 unspecified atom stereocenters. The summed E-state index contributed by atoms with van der Waals surface area (Å²) in [4.78, 5) is 7.76. The molecule has 16 heavy (non-hydrogen) atoms. The molecule has 1 fully saturated rings. The monoisotopic (exact) mass is 281 g/mol. The zero-order valence-electron chi connectivity index (χ0n) is 11.5. The first-order valence-corrected chi connectivity index (χ1v) is 12.7. The molecule has 0 aliphatic carbocycles. The molecule has 0 saturated carbocycles. The van der Waals surface area contributed by atoms with Gasteiger partial charge in [0.25, 0.3) is 0 Å². The van der Waals surface area contributed by atoms with Crippen LogP contribution in [0.3, 0.4) is 0 Å². The Hall–Kier alpha value is 0.596. The first-order chi connectivity index (χ1) is 7.86. The van der Waals surface area contributed by atoms with Crippen molar-refractivity contribution in [2.75, 3.05) is 19.6 Å². The molecule has 1 rings (SSSR count). The fourth-order valence-corrected chi connectivity index (χ4v) is 9.92. The maximum absolute atomic E-state index is 2.72. The fourth-order valence-electron chi connectivity index (χ4n) is 2.85. The Morgan fingerprint density at radius 1 is 0.938 bits per heavy atom. The number of hydrogen-bond acceptors (Lipinski definition) is 1. The topological polar surface area (TPSA) is 3.24 Å². The predicted molar refractivity (Wildman–Crippen MR) is 75.7 cm³/mol. The van der Waals surface area contributed by atoms with E-state index in [1.807, 2.05) is 0 Å². The van der Waals surface area contributed by atoms with Crippen LogP contribution in [0, 0.1) is 0 Å². The zero-order valence-corrected chi connectivity index (χ0v) is 13.9. The summed E-state index contributed by atoms with van der Waals surface area (Å²) in [5, 5.41) is 0. The second-order valence-electron chi connectivity index (χ2n) is 5.49. The Kier molecular flexibility index (Phi) is 8.80. The summed E-state index contributed by atoms with van der Waals surface area (Å²) in [7, 11) is 0. The molecule has 0 aromatic carbocycles. The number of hydrogen-bond donors (Lipinski definition) is 0. The number of unbranched alkanes of at least 4 members (excludes halogenated alkanes) is 2. The Labute approximate surface area is 108 Å². The van der Waals surface area contributed by atoms with E-state index in [-0.39, 0.29) is 0 Å². The average molecular weight is 282 g/mol. The first-order valence-electron chi connectivity index (χ1n) is 7.59. The maximum atomic E-state index is 2.72. The molecule has 0 aromatic heterocycles. The normalized spacial score (nSPS) is 19.5. The molecular weight excluding hydrogens is 252 g/mol. The van der Waals surface area contributed by atoms with Crippen molar-refractivity contribution in [3.8, 4) is 0 Å². The van der Waals surface area contributed by atoms with Crippen LogP contribution in [0.15, 0.2) is 0 Å². The van der Waals surface area contributed by atoms with E-state index in [1.165, 1.54) is 58.2 Å². The van der Waals surface area contributed by atoms with Crippen LogP contribution in [0.5, 0.6) is 0 Å². The summed E-state index contributed by atoms with van der Waals surface area (Å²) in [5.41, 5.74) is 0. The van der Waals surface area contributed by atoms with Crippen molar-refractivity contribution in [3.05, 3.63) is 0 Å². The molecular formula is C14H30GaN. The standard InChI is InChI=1S/C10H21N.C4H9.Ga/c1-4-7-10-11(8-5-2)9-6-3;1-3-4-2;/h2-10H2,1H3;1,3-4H2,2H3;. The fraction of sp³-hybridized carbons (Fsp3) is 1.00. The van der Waals surface area contributed by atoms with Crippen molar-refractivity contribution in [3.63, 3.8) is 0 Å². The molecule has 94 valence electrons. The Balaban J connectivity index is 2.16. The zero-order chi connectivity index (χ0) is 11.6. The second-order valence-corrected chi connectivity index (χ2v) is 12.8. The molecule has 1 heterocycles. The van der Waals surface area contributed by atoms with E-state index in [2.05, 4.69) is 18.7 Å². The Morgan fingerprint density at radius 3 is 2.12 bits per heavy atom. The second kappa shape index (κ2) is 9.61. The van der Waals surface area contributed by atoms with Gasteiger partial charge in [-0.3, -0.25) is 0 Å². The van der Waals surface area contributed by atoms with E-state index >= 15 is 0 Å².